The number of alkyl halides is 3. The zero-order valence-electron chi connectivity index (χ0n) is 9.94. The second kappa shape index (κ2) is 5.05. The van der Waals surface area contributed by atoms with Gasteiger partial charge in [0, 0.05) is 18.5 Å². The molecule has 0 aromatic carbocycles. The minimum absolute atomic E-state index is 0.0315. The molecule has 2 unspecified atom stereocenters. The van der Waals surface area contributed by atoms with E-state index in [4.69, 9.17) is 0 Å². The third kappa shape index (κ3) is 2.95. The molecule has 0 radical (unpaired) electrons. The Balaban J connectivity index is 2.08. The van der Waals surface area contributed by atoms with Gasteiger partial charge in [-0.2, -0.15) is 13.2 Å². The number of anilines is 1. The van der Waals surface area contributed by atoms with Crippen molar-refractivity contribution in [1.29, 1.82) is 0 Å². The first kappa shape index (κ1) is 13.6. The standard InChI is InChI=1S/C11H15F3N2OS/c1-7(17)9-6-18-10(15-9)16-4-2-3-8(5-16)11(12,13)14/h6-8,17H,2-5H2,1H3. The summed E-state index contributed by atoms with van der Waals surface area (Å²) in [7, 11) is 0. The lowest BCUT2D eigenvalue weighted by atomic mass is 9.98. The third-order valence-corrected chi connectivity index (χ3v) is 4.01. The topological polar surface area (TPSA) is 36.4 Å². The van der Waals surface area contributed by atoms with Gasteiger partial charge >= 0.3 is 6.18 Å². The van der Waals surface area contributed by atoms with Crippen LogP contribution in [-0.4, -0.2) is 29.4 Å². The SMILES string of the molecule is CC(O)c1csc(N2CCCC(C(F)(F)F)C2)n1. The Morgan fingerprint density at radius 3 is 2.83 bits per heavy atom. The van der Waals surface area contributed by atoms with Crippen LogP contribution in [0, 0.1) is 5.92 Å². The molecular weight excluding hydrogens is 265 g/mol. The van der Waals surface area contributed by atoms with Crippen LogP contribution in [0.15, 0.2) is 5.38 Å². The van der Waals surface area contributed by atoms with Crippen molar-refractivity contribution in [2.75, 3.05) is 18.0 Å². The molecule has 0 amide bonds. The van der Waals surface area contributed by atoms with E-state index in [9.17, 15) is 18.3 Å². The Labute approximate surface area is 107 Å². The molecular formula is C11H15F3N2OS. The van der Waals surface area contributed by atoms with Gasteiger partial charge in [-0.25, -0.2) is 4.98 Å². The minimum Gasteiger partial charge on any atom is -0.387 e. The summed E-state index contributed by atoms with van der Waals surface area (Å²) in [5, 5.41) is 11.6. The predicted octanol–water partition coefficient (Wildman–Crippen LogP) is 2.98. The van der Waals surface area contributed by atoms with E-state index in [1.165, 1.54) is 11.3 Å². The molecule has 1 saturated heterocycles. The fourth-order valence-corrected chi connectivity index (χ4v) is 2.98. The molecule has 1 fully saturated rings. The van der Waals surface area contributed by atoms with E-state index in [2.05, 4.69) is 4.98 Å². The predicted molar refractivity (Wildman–Crippen MR) is 63.7 cm³/mol. The van der Waals surface area contributed by atoms with Crippen molar-refractivity contribution in [1.82, 2.24) is 4.98 Å². The molecule has 0 bridgehead atoms. The van der Waals surface area contributed by atoms with Crippen LogP contribution in [0.2, 0.25) is 0 Å². The van der Waals surface area contributed by atoms with E-state index in [0.29, 0.717) is 23.8 Å². The zero-order valence-corrected chi connectivity index (χ0v) is 10.8. The van der Waals surface area contributed by atoms with E-state index in [0.717, 1.165) is 0 Å². The number of rotatable bonds is 2. The lowest BCUT2D eigenvalue weighted by Crippen LogP contribution is -2.41. The normalized spacial score (nSPS) is 23.2. The molecule has 2 atom stereocenters. The molecule has 18 heavy (non-hydrogen) atoms. The summed E-state index contributed by atoms with van der Waals surface area (Å²) in [6.07, 6.45) is -4.11. The highest BCUT2D eigenvalue weighted by Gasteiger charge is 2.42. The summed E-state index contributed by atoms with van der Waals surface area (Å²) < 4.78 is 38.0. The van der Waals surface area contributed by atoms with Crippen molar-refractivity contribution in [3.63, 3.8) is 0 Å². The summed E-state index contributed by atoms with van der Waals surface area (Å²) in [5.41, 5.74) is 0.518. The smallest absolute Gasteiger partial charge is 0.387 e. The maximum atomic E-state index is 12.7. The molecule has 102 valence electrons. The Morgan fingerprint density at radius 1 is 1.56 bits per heavy atom. The van der Waals surface area contributed by atoms with E-state index < -0.39 is 18.2 Å². The lowest BCUT2D eigenvalue weighted by molar-refractivity contribution is -0.175. The molecule has 1 aromatic rings. The number of thiazole rings is 1. The average molecular weight is 280 g/mol. The molecule has 1 aliphatic heterocycles. The average Bonchev–Trinajstić information content (AvgIpc) is 2.77. The van der Waals surface area contributed by atoms with Gasteiger partial charge in [-0.05, 0) is 19.8 Å². The van der Waals surface area contributed by atoms with Crippen molar-refractivity contribution < 1.29 is 18.3 Å². The van der Waals surface area contributed by atoms with Crippen LogP contribution in [0.4, 0.5) is 18.3 Å². The Kier molecular flexibility index (Phi) is 3.82. The van der Waals surface area contributed by atoms with Crippen LogP contribution in [0.3, 0.4) is 0 Å². The minimum atomic E-state index is -4.14. The fourth-order valence-electron chi connectivity index (χ4n) is 2.03. The molecule has 2 rings (SSSR count). The molecule has 1 aliphatic rings. The summed E-state index contributed by atoms with van der Waals surface area (Å²) in [5.74, 6) is -1.27. The van der Waals surface area contributed by atoms with Gasteiger partial charge in [-0.1, -0.05) is 0 Å². The highest BCUT2D eigenvalue weighted by molar-refractivity contribution is 7.13. The van der Waals surface area contributed by atoms with E-state index in [1.807, 2.05) is 0 Å². The largest absolute Gasteiger partial charge is 0.393 e. The summed E-state index contributed by atoms with van der Waals surface area (Å²) in [4.78, 5) is 5.84. The number of aliphatic hydroxyl groups is 1. The molecule has 0 aliphatic carbocycles. The number of hydrogen-bond donors (Lipinski definition) is 1. The summed E-state index contributed by atoms with van der Waals surface area (Å²) in [6, 6.07) is 0. The van der Waals surface area contributed by atoms with Gasteiger partial charge in [0.05, 0.1) is 17.7 Å². The zero-order chi connectivity index (χ0) is 13.3. The molecule has 0 saturated carbocycles. The number of aromatic nitrogens is 1. The van der Waals surface area contributed by atoms with Gasteiger partial charge in [0.2, 0.25) is 0 Å². The van der Waals surface area contributed by atoms with E-state index in [-0.39, 0.29) is 13.0 Å². The van der Waals surface area contributed by atoms with Crippen LogP contribution < -0.4 is 4.90 Å². The van der Waals surface area contributed by atoms with Crippen LogP contribution >= 0.6 is 11.3 Å². The fraction of sp³-hybridized carbons (Fsp3) is 0.727. The Hall–Kier alpha value is -0.820. The maximum Gasteiger partial charge on any atom is 0.393 e. The lowest BCUT2D eigenvalue weighted by Gasteiger charge is -2.33. The molecule has 1 N–H and O–H groups in total. The van der Waals surface area contributed by atoms with Gasteiger partial charge in [0.25, 0.3) is 0 Å². The Bertz CT molecular complexity index is 405. The molecule has 1 aromatic heterocycles. The van der Waals surface area contributed by atoms with E-state index >= 15 is 0 Å². The van der Waals surface area contributed by atoms with Crippen molar-refractivity contribution in [2.45, 2.75) is 32.0 Å². The van der Waals surface area contributed by atoms with E-state index in [1.54, 1.807) is 17.2 Å². The quantitative estimate of drug-likeness (QED) is 0.904. The number of aliphatic hydroxyl groups excluding tert-OH is 1. The van der Waals surface area contributed by atoms with Gasteiger partial charge in [0.15, 0.2) is 5.13 Å². The van der Waals surface area contributed by atoms with Gasteiger partial charge in [-0.3, -0.25) is 0 Å². The van der Waals surface area contributed by atoms with Crippen molar-refractivity contribution >= 4 is 16.5 Å². The first-order valence-corrected chi connectivity index (χ1v) is 6.71. The van der Waals surface area contributed by atoms with Crippen molar-refractivity contribution in [3.8, 4) is 0 Å². The first-order chi connectivity index (χ1) is 8.38. The molecule has 7 heteroatoms. The van der Waals surface area contributed by atoms with Crippen LogP contribution in [0.1, 0.15) is 31.6 Å². The molecule has 0 spiro atoms. The number of hydrogen-bond acceptors (Lipinski definition) is 4. The second-order valence-corrected chi connectivity index (χ2v) is 5.39. The summed E-state index contributed by atoms with van der Waals surface area (Å²) >= 11 is 1.28. The Morgan fingerprint density at radius 2 is 2.28 bits per heavy atom. The number of piperidine rings is 1. The highest BCUT2D eigenvalue weighted by Crippen LogP contribution is 2.35. The summed E-state index contributed by atoms with van der Waals surface area (Å²) in [6.45, 7) is 2.16. The van der Waals surface area contributed by atoms with Crippen molar-refractivity contribution in [3.05, 3.63) is 11.1 Å². The molecule has 3 nitrogen and oxygen atoms in total. The van der Waals surface area contributed by atoms with Gasteiger partial charge in [0.1, 0.15) is 0 Å². The maximum absolute atomic E-state index is 12.7. The number of nitrogens with zero attached hydrogens (tertiary/aromatic N) is 2. The highest BCUT2D eigenvalue weighted by atomic mass is 32.1. The van der Waals surface area contributed by atoms with Crippen LogP contribution in [0.5, 0.6) is 0 Å². The van der Waals surface area contributed by atoms with Crippen LogP contribution in [-0.2, 0) is 0 Å². The third-order valence-electron chi connectivity index (χ3n) is 3.09. The number of halogens is 3. The second-order valence-electron chi connectivity index (χ2n) is 4.56. The van der Waals surface area contributed by atoms with Gasteiger partial charge < -0.3 is 10.0 Å². The van der Waals surface area contributed by atoms with Crippen molar-refractivity contribution in [2.24, 2.45) is 5.92 Å². The molecule has 2 heterocycles. The monoisotopic (exact) mass is 280 g/mol. The van der Waals surface area contributed by atoms with Gasteiger partial charge in [-0.15, -0.1) is 11.3 Å². The van der Waals surface area contributed by atoms with Crippen LogP contribution in [0.25, 0.3) is 0 Å². The first-order valence-electron chi connectivity index (χ1n) is 5.83.